The lowest BCUT2D eigenvalue weighted by Crippen LogP contribution is -2.28. The molecule has 0 spiro atoms. The van der Waals surface area contributed by atoms with Gasteiger partial charge in [0.1, 0.15) is 17.6 Å². The van der Waals surface area contributed by atoms with Crippen LogP contribution < -0.4 is 10.6 Å². The molecule has 0 aliphatic carbocycles. The molecule has 0 radical (unpaired) electrons. The number of carbonyl (C=O) groups is 2. The van der Waals surface area contributed by atoms with Gasteiger partial charge in [0.15, 0.2) is 0 Å². The molecule has 3 rings (SSSR count). The molecule has 6 nitrogen and oxygen atoms in total. The Balaban J connectivity index is 0.000000351. The third kappa shape index (κ3) is 8.39. The summed E-state index contributed by atoms with van der Waals surface area (Å²) in [6.45, 7) is 7.81. The third-order valence-electron chi connectivity index (χ3n) is 3.99. The van der Waals surface area contributed by atoms with E-state index in [4.69, 9.17) is 4.74 Å². The number of pyridine rings is 1. The second kappa shape index (κ2) is 12.6. The molecule has 2 heterocycles. The lowest BCUT2D eigenvalue weighted by atomic mass is 10.2. The van der Waals surface area contributed by atoms with Gasteiger partial charge in [-0.2, -0.15) is 0 Å². The minimum Gasteiger partial charge on any atom is -0.365 e. The molecule has 158 valence electrons. The van der Waals surface area contributed by atoms with Gasteiger partial charge in [0.2, 0.25) is 0 Å². The standard InChI is InChI=1S/C13H17N3O3.C7H7F.C2H6/c1-8-3-4-11(19-8)13(18)16-9-5-6-15-10(7-9)12(17)14-2;1-6-3-2-4-7(8)5-6;1-2/h5-8,11H,3-4H2,1-2H3,(H,14,17)(H,15,16,18);2-5H,1H3;1-2H3. The van der Waals surface area contributed by atoms with Crippen molar-refractivity contribution in [2.75, 3.05) is 12.4 Å². The molecule has 2 amide bonds. The average Bonchev–Trinajstić information content (AvgIpc) is 3.16. The van der Waals surface area contributed by atoms with Crippen molar-refractivity contribution < 1.29 is 18.7 Å². The van der Waals surface area contributed by atoms with Gasteiger partial charge < -0.3 is 15.4 Å². The number of rotatable bonds is 3. The third-order valence-corrected chi connectivity index (χ3v) is 3.99. The van der Waals surface area contributed by atoms with Crippen molar-refractivity contribution in [1.29, 1.82) is 0 Å². The summed E-state index contributed by atoms with van der Waals surface area (Å²) in [6.07, 6.45) is 2.80. The number of nitrogens with one attached hydrogen (secondary N) is 2. The molecule has 1 fully saturated rings. The monoisotopic (exact) mass is 403 g/mol. The van der Waals surface area contributed by atoms with E-state index in [2.05, 4.69) is 15.6 Å². The first-order valence-electron chi connectivity index (χ1n) is 9.75. The van der Waals surface area contributed by atoms with Crippen LogP contribution in [0.25, 0.3) is 0 Å². The summed E-state index contributed by atoms with van der Waals surface area (Å²) in [5.41, 5.74) is 1.77. The van der Waals surface area contributed by atoms with Gasteiger partial charge in [-0.05, 0) is 56.5 Å². The van der Waals surface area contributed by atoms with Crippen molar-refractivity contribution in [2.24, 2.45) is 0 Å². The van der Waals surface area contributed by atoms with Crippen LogP contribution >= 0.6 is 0 Å². The highest BCUT2D eigenvalue weighted by Crippen LogP contribution is 2.20. The van der Waals surface area contributed by atoms with Crippen LogP contribution in [0.1, 0.15) is 49.7 Å². The minimum atomic E-state index is -0.411. The SMILES string of the molecule is CC.CNC(=O)c1cc(NC(=O)C2CCC(C)O2)ccn1.Cc1cccc(F)c1. The quantitative estimate of drug-likeness (QED) is 0.808. The Morgan fingerprint density at radius 2 is 1.90 bits per heavy atom. The van der Waals surface area contributed by atoms with Gasteiger partial charge in [-0.1, -0.05) is 26.0 Å². The zero-order valence-electron chi connectivity index (χ0n) is 17.7. The lowest BCUT2D eigenvalue weighted by molar-refractivity contribution is -0.126. The number of hydrogen-bond donors (Lipinski definition) is 2. The zero-order chi connectivity index (χ0) is 21.8. The molecule has 0 saturated carbocycles. The van der Waals surface area contributed by atoms with Gasteiger partial charge in [-0.25, -0.2) is 4.39 Å². The summed E-state index contributed by atoms with van der Waals surface area (Å²) in [5, 5.41) is 5.22. The first-order valence-corrected chi connectivity index (χ1v) is 9.75. The Kier molecular flexibility index (Phi) is 10.5. The van der Waals surface area contributed by atoms with E-state index in [0.717, 1.165) is 18.4 Å². The second-order valence-electron chi connectivity index (χ2n) is 6.31. The number of aryl methyl sites for hydroxylation is 1. The van der Waals surface area contributed by atoms with Gasteiger partial charge in [0, 0.05) is 18.9 Å². The molecule has 1 aliphatic rings. The van der Waals surface area contributed by atoms with E-state index in [-0.39, 0.29) is 29.4 Å². The van der Waals surface area contributed by atoms with E-state index < -0.39 is 6.10 Å². The normalized spacial score (nSPS) is 17.2. The largest absolute Gasteiger partial charge is 0.365 e. The number of aromatic nitrogens is 1. The maximum atomic E-state index is 12.2. The van der Waals surface area contributed by atoms with Crippen LogP contribution in [0.2, 0.25) is 0 Å². The Morgan fingerprint density at radius 1 is 1.17 bits per heavy atom. The second-order valence-corrected chi connectivity index (χ2v) is 6.31. The highest BCUT2D eigenvalue weighted by molar-refractivity contribution is 5.97. The molecule has 1 saturated heterocycles. The van der Waals surface area contributed by atoms with Crippen molar-refractivity contribution in [3.63, 3.8) is 0 Å². The molecule has 1 aromatic carbocycles. The van der Waals surface area contributed by atoms with Gasteiger partial charge >= 0.3 is 0 Å². The Labute approximate surface area is 171 Å². The van der Waals surface area contributed by atoms with E-state index in [1.807, 2.05) is 33.8 Å². The van der Waals surface area contributed by atoms with E-state index in [1.165, 1.54) is 31.4 Å². The van der Waals surface area contributed by atoms with Crippen LogP contribution in [-0.4, -0.2) is 36.1 Å². The highest BCUT2D eigenvalue weighted by atomic mass is 19.1. The van der Waals surface area contributed by atoms with Gasteiger partial charge in [-0.3, -0.25) is 14.6 Å². The molecular formula is C22H30FN3O3. The number of carbonyl (C=O) groups excluding carboxylic acids is 2. The molecule has 2 unspecified atom stereocenters. The Morgan fingerprint density at radius 3 is 2.41 bits per heavy atom. The summed E-state index contributed by atoms with van der Waals surface area (Å²) in [4.78, 5) is 27.3. The topological polar surface area (TPSA) is 80.3 Å². The van der Waals surface area contributed by atoms with Crippen molar-refractivity contribution in [2.45, 2.75) is 52.7 Å². The number of benzene rings is 1. The first-order chi connectivity index (χ1) is 13.9. The Hall–Kier alpha value is -2.80. The summed E-state index contributed by atoms with van der Waals surface area (Å²) in [5.74, 6) is -0.634. The van der Waals surface area contributed by atoms with Gasteiger partial charge in [0.25, 0.3) is 11.8 Å². The van der Waals surface area contributed by atoms with E-state index in [1.54, 1.807) is 12.1 Å². The zero-order valence-corrected chi connectivity index (χ0v) is 17.7. The van der Waals surface area contributed by atoms with Crippen LogP contribution in [-0.2, 0) is 9.53 Å². The van der Waals surface area contributed by atoms with Crippen LogP contribution in [0.15, 0.2) is 42.6 Å². The maximum absolute atomic E-state index is 12.2. The van der Waals surface area contributed by atoms with Crippen LogP contribution in [0.4, 0.5) is 10.1 Å². The van der Waals surface area contributed by atoms with Crippen molar-refractivity contribution >= 4 is 17.5 Å². The van der Waals surface area contributed by atoms with E-state index in [9.17, 15) is 14.0 Å². The van der Waals surface area contributed by atoms with Crippen LogP contribution in [0, 0.1) is 12.7 Å². The van der Waals surface area contributed by atoms with Crippen LogP contribution in [0.5, 0.6) is 0 Å². The van der Waals surface area contributed by atoms with E-state index >= 15 is 0 Å². The molecule has 1 aliphatic heterocycles. The van der Waals surface area contributed by atoms with Crippen molar-refractivity contribution in [1.82, 2.24) is 10.3 Å². The average molecular weight is 403 g/mol. The minimum absolute atomic E-state index is 0.120. The fourth-order valence-electron chi connectivity index (χ4n) is 2.58. The number of hydrogen-bond acceptors (Lipinski definition) is 4. The maximum Gasteiger partial charge on any atom is 0.269 e. The predicted molar refractivity (Wildman–Crippen MR) is 112 cm³/mol. The van der Waals surface area contributed by atoms with E-state index in [0.29, 0.717) is 5.69 Å². The lowest BCUT2D eigenvalue weighted by Gasteiger charge is -2.12. The predicted octanol–water partition coefficient (Wildman–Crippen LogP) is 4.11. The van der Waals surface area contributed by atoms with Crippen molar-refractivity contribution in [3.05, 3.63) is 59.7 Å². The number of amides is 2. The molecule has 7 heteroatoms. The summed E-state index contributed by atoms with van der Waals surface area (Å²) < 4.78 is 17.7. The summed E-state index contributed by atoms with van der Waals surface area (Å²) in [6, 6.07) is 9.68. The molecule has 2 atom stereocenters. The smallest absolute Gasteiger partial charge is 0.269 e. The molecular weight excluding hydrogens is 373 g/mol. The van der Waals surface area contributed by atoms with Gasteiger partial charge in [-0.15, -0.1) is 0 Å². The summed E-state index contributed by atoms with van der Waals surface area (Å²) >= 11 is 0. The number of halogens is 1. The first kappa shape index (κ1) is 24.2. The fourth-order valence-corrected chi connectivity index (χ4v) is 2.58. The molecule has 2 N–H and O–H groups in total. The molecule has 1 aromatic heterocycles. The highest BCUT2D eigenvalue weighted by Gasteiger charge is 2.28. The van der Waals surface area contributed by atoms with Gasteiger partial charge in [0.05, 0.1) is 6.10 Å². The fraction of sp³-hybridized carbons (Fsp3) is 0.409. The molecule has 2 aromatic rings. The van der Waals surface area contributed by atoms with Crippen molar-refractivity contribution in [3.8, 4) is 0 Å². The molecule has 0 bridgehead atoms. The molecule has 29 heavy (non-hydrogen) atoms. The number of ether oxygens (including phenoxy) is 1. The summed E-state index contributed by atoms with van der Waals surface area (Å²) in [7, 11) is 1.53. The number of anilines is 1. The van der Waals surface area contributed by atoms with Crippen LogP contribution in [0.3, 0.4) is 0 Å². The number of nitrogens with zero attached hydrogens (tertiary/aromatic N) is 1. The Bertz CT molecular complexity index is 781.